The molecule has 7 rings (SSSR count). The highest BCUT2D eigenvalue weighted by Gasteiger charge is 2.32. The lowest BCUT2D eigenvalue weighted by Crippen LogP contribution is -2.06. The predicted molar refractivity (Wildman–Crippen MR) is 289 cm³/mol. The minimum absolute atomic E-state index is 0.0311. The number of hydrogen-bond acceptors (Lipinski definition) is 16. The van der Waals surface area contributed by atoms with Crippen molar-refractivity contribution < 1.29 is 37.1 Å². The average Bonchev–Trinajstić information content (AvgIpc) is 3.35. The van der Waals surface area contributed by atoms with E-state index in [2.05, 4.69) is 15.9 Å². The number of benzene rings is 7. The standard InChI is InChI=1S/C7H8BrN.2C7H5ClN2.C7H8ClN.C7H5F3N2O2.C7H8N2O3.C6H5FN2O2/c1-5-4-6(8)2-3-7(5)9;8-6-1-2-7(10)5(3-6)4-9;8-6-3-5(4-9)1-2-7(6)10;1-5-4-6(8)2-3-7(5)9;8-7(9,10)4-1-2-5(11)6(3-4)12(13)14;1-12-5-2-3-6(8)7(4-5)9(10)11;7-4-1-2-5(8)6(3-4)9(10)11/h2-4H,9H2,1H3;2*1-3H,10H2;2-4H,9H2,1H3;1-3H,11H2;2-4H,8H2,1H3;1-3H,8H2. The Balaban J connectivity index is 0.000000440. The van der Waals surface area contributed by atoms with Gasteiger partial charge in [0.2, 0.25) is 0 Å². The molecule has 0 unspecified atom stereocenters. The van der Waals surface area contributed by atoms with Gasteiger partial charge in [0, 0.05) is 37.6 Å². The number of alkyl halides is 3. The number of hydrogen-bond donors (Lipinski definition) is 7. The normalized spacial score (nSPS) is 9.67. The SMILES string of the molecule is COc1ccc(N)c([N+](=O)[O-])c1.Cc1cc(Br)ccc1N.Cc1cc(Cl)ccc1N.N#Cc1cc(Cl)ccc1N.N#Cc1ccc(N)c(Cl)c1.Nc1ccc(C(F)(F)F)cc1[N+](=O)[O-].Nc1ccc(F)cc1[N+](=O)[O-]. The van der Waals surface area contributed by atoms with Crippen LogP contribution in [0.2, 0.25) is 15.1 Å². The van der Waals surface area contributed by atoms with Crippen molar-refractivity contribution in [1.29, 1.82) is 10.5 Å². The van der Waals surface area contributed by atoms with Crippen LogP contribution in [0.1, 0.15) is 27.8 Å². The number of rotatable bonds is 4. The Morgan fingerprint density at radius 1 is 0.547 bits per heavy atom. The van der Waals surface area contributed by atoms with E-state index in [1.807, 2.05) is 50.3 Å². The molecule has 0 bridgehead atoms. The van der Waals surface area contributed by atoms with E-state index >= 15 is 0 Å². The number of halogens is 8. The highest BCUT2D eigenvalue weighted by Crippen LogP contribution is 2.34. The minimum Gasteiger partial charge on any atom is -0.496 e. The Morgan fingerprint density at radius 3 is 1.40 bits per heavy atom. The molecular weight excluding hydrogens is 1120 g/mol. The van der Waals surface area contributed by atoms with Crippen LogP contribution >= 0.6 is 50.7 Å². The van der Waals surface area contributed by atoms with Crippen LogP contribution in [0.15, 0.2) is 132 Å². The first kappa shape index (κ1) is 64.2. The van der Waals surface area contributed by atoms with Crippen molar-refractivity contribution >= 4 is 108 Å². The second-order valence-corrected chi connectivity index (χ2v) is 16.6. The molecule has 0 saturated heterocycles. The molecule has 0 amide bonds. The summed E-state index contributed by atoms with van der Waals surface area (Å²) in [6.45, 7) is 3.92. The van der Waals surface area contributed by atoms with Crippen molar-refractivity contribution in [3.8, 4) is 17.9 Å². The number of ether oxygens (including phenoxy) is 1. The van der Waals surface area contributed by atoms with Gasteiger partial charge in [0.05, 0.1) is 67.5 Å². The molecule has 394 valence electrons. The summed E-state index contributed by atoms with van der Waals surface area (Å²) in [6, 6.07) is 34.0. The van der Waals surface area contributed by atoms with Gasteiger partial charge in [-0.2, -0.15) is 23.7 Å². The van der Waals surface area contributed by atoms with Crippen molar-refractivity contribution in [1.82, 2.24) is 0 Å². The van der Waals surface area contributed by atoms with Crippen LogP contribution in [0.25, 0.3) is 0 Å². The number of nitro benzene ring substituents is 3. The van der Waals surface area contributed by atoms with Crippen molar-refractivity contribution in [2.24, 2.45) is 0 Å². The quantitative estimate of drug-likeness (QED) is 0.0372. The van der Waals surface area contributed by atoms with Crippen molar-refractivity contribution in [3.63, 3.8) is 0 Å². The number of aryl methyl sites for hydroxylation is 2. The number of nitrogens with two attached hydrogens (primary N) is 7. The highest BCUT2D eigenvalue weighted by molar-refractivity contribution is 9.10. The zero-order chi connectivity index (χ0) is 57.3. The molecule has 0 aliphatic heterocycles. The van der Waals surface area contributed by atoms with E-state index in [-0.39, 0.29) is 22.7 Å². The summed E-state index contributed by atoms with van der Waals surface area (Å²) < 4.78 is 54.5. The van der Waals surface area contributed by atoms with Crippen LogP contribution in [0.4, 0.5) is 74.4 Å². The van der Waals surface area contributed by atoms with Crippen LogP contribution in [0.5, 0.6) is 5.75 Å². The third kappa shape index (κ3) is 23.1. The second kappa shape index (κ2) is 30.9. The van der Waals surface area contributed by atoms with Crippen LogP contribution in [-0.4, -0.2) is 21.9 Å². The summed E-state index contributed by atoms with van der Waals surface area (Å²) in [5.41, 5.74) is 40.7. The fourth-order valence-electron chi connectivity index (χ4n) is 4.86. The zero-order valence-corrected chi connectivity index (χ0v) is 43.1. The Morgan fingerprint density at radius 2 is 0.987 bits per heavy atom. The molecule has 19 nitrogen and oxygen atoms in total. The van der Waals surface area contributed by atoms with Crippen LogP contribution < -0.4 is 44.9 Å². The lowest BCUT2D eigenvalue weighted by molar-refractivity contribution is -0.384. The Kier molecular flexibility index (Phi) is 26.5. The van der Waals surface area contributed by atoms with Gasteiger partial charge in [-0.05, 0) is 134 Å². The molecule has 0 fully saturated rings. The van der Waals surface area contributed by atoms with Crippen LogP contribution in [0.3, 0.4) is 0 Å². The predicted octanol–water partition coefficient (Wildman–Crippen LogP) is 12.9. The van der Waals surface area contributed by atoms with Gasteiger partial charge in [0.25, 0.3) is 17.1 Å². The molecule has 0 heterocycles. The van der Waals surface area contributed by atoms with Crippen molar-refractivity contribution in [2.45, 2.75) is 20.0 Å². The van der Waals surface area contributed by atoms with Gasteiger partial charge in [-0.15, -0.1) is 0 Å². The van der Waals surface area contributed by atoms with Gasteiger partial charge in [-0.3, -0.25) is 30.3 Å². The van der Waals surface area contributed by atoms with Gasteiger partial charge in [-0.1, -0.05) is 50.7 Å². The minimum atomic E-state index is -4.60. The zero-order valence-electron chi connectivity index (χ0n) is 39.3. The van der Waals surface area contributed by atoms with Gasteiger partial charge < -0.3 is 44.9 Å². The Bertz CT molecular complexity index is 3150. The molecule has 0 aliphatic rings. The second-order valence-electron chi connectivity index (χ2n) is 14.4. The fraction of sp³-hybridized carbons (Fsp3) is 0.0833. The molecule has 0 radical (unpaired) electrons. The number of nitrogens with zero attached hydrogens (tertiary/aromatic N) is 5. The molecule has 27 heteroatoms. The molecule has 75 heavy (non-hydrogen) atoms. The van der Waals surface area contributed by atoms with E-state index in [0.717, 1.165) is 56.3 Å². The number of anilines is 7. The van der Waals surface area contributed by atoms with Gasteiger partial charge in [0.15, 0.2) is 0 Å². The maximum absolute atomic E-state index is 12.3. The third-order valence-electron chi connectivity index (χ3n) is 8.91. The summed E-state index contributed by atoms with van der Waals surface area (Å²) in [5.74, 6) is -0.234. The topological polar surface area (TPSA) is 368 Å². The summed E-state index contributed by atoms with van der Waals surface area (Å²) in [7, 11) is 1.44. The van der Waals surface area contributed by atoms with Gasteiger partial charge in [-0.25, -0.2) is 4.39 Å². The van der Waals surface area contributed by atoms with Crippen molar-refractivity contribution in [3.05, 3.63) is 211 Å². The average molecular weight is 1160 g/mol. The molecular formula is C48H44BrCl3F4N12O7. The molecule has 0 spiro atoms. The largest absolute Gasteiger partial charge is 0.496 e. The van der Waals surface area contributed by atoms with E-state index in [0.29, 0.717) is 50.4 Å². The highest BCUT2D eigenvalue weighted by atomic mass is 79.9. The van der Waals surface area contributed by atoms with E-state index in [1.54, 1.807) is 42.5 Å². The molecule has 7 aromatic rings. The first-order chi connectivity index (χ1) is 34.9. The summed E-state index contributed by atoms with van der Waals surface area (Å²) in [4.78, 5) is 28.5. The smallest absolute Gasteiger partial charge is 0.416 e. The van der Waals surface area contributed by atoms with Crippen molar-refractivity contribution in [2.75, 3.05) is 47.2 Å². The summed E-state index contributed by atoms with van der Waals surface area (Å²) in [5, 5.41) is 49.3. The van der Waals surface area contributed by atoms with Gasteiger partial charge >= 0.3 is 6.18 Å². The molecule has 0 aromatic heterocycles. The molecule has 0 saturated carbocycles. The summed E-state index contributed by atoms with van der Waals surface area (Å²) in [6.07, 6.45) is -4.60. The maximum atomic E-state index is 12.3. The number of methoxy groups -OCH3 is 1. The fourth-order valence-corrected chi connectivity index (χ4v) is 5.92. The van der Waals surface area contributed by atoms with Crippen LogP contribution in [0, 0.1) is 72.7 Å². The van der Waals surface area contributed by atoms with Crippen LogP contribution in [-0.2, 0) is 6.18 Å². The molecule has 7 aromatic carbocycles. The van der Waals surface area contributed by atoms with E-state index in [4.69, 9.17) is 90.2 Å². The number of nitro groups is 3. The molecule has 14 N–H and O–H groups in total. The Labute approximate surface area is 449 Å². The Hall–Kier alpha value is -8.81. The summed E-state index contributed by atoms with van der Waals surface area (Å²) >= 11 is 20.2. The first-order valence-corrected chi connectivity index (χ1v) is 22.2. The molecule has 0 atom stereocenters. The van der Waals surface area contributed by atoms with E-state index < -0.39 is 43.7 Å². The third-order valence-corrected chi connectivity index (χ3v) is 10.2. The number of nitriles is 2. The monoisotopic (exact) mass is 1160 g/mol. The number of nitrogen functional groups attached to an aromatic ring is 7. The lowest BCUT2D eigenvalue weighted by atomic mass is 10.1. The first-order valence-electron chi connectivity index (χ1n) is 20.3. The molecule has 0 aliphatic carbocycles. The maximum Gasteiger partial charge on any atom is 0.416 e. The lowest BCUT2D eigenvalue weighted by Gasteiger charge is -2.06. The van der Waals surface area contributed by atoms with Gasteiger partial charge in [0.1, 0.15) is 34.7 Å². The van der Waals surface area contributed by atoms with E-state index in [1.165, 1.54) is 31.4 Å². The van der Waals surface area contributed by atoms with E-state index in [9.17, 15) is 47.9 Å².